The zero-order chi connectivity index (χ0) is 13.2. The summed E-state index contributed by atoms with van der Waals surface area (Å²) in [6.45, 7) is 0. The molecular formula is C14H18Cl2O2. The molecule has 1 aliphatic rings. The van der Waals surface area contributed by atoms with Gasteiger partial charge in [-0.05, 0) is 30.5 Å². The first kappa shape index (κ1) is 14.1. The molecule has 100 valence electrons. The Hall–Kier alpha value is -0.280. The standard InChI is InChI=1S/C14H18Cl2O2/c15-11-5-4-6-12(16)10(11)9-13(17)14(18)7-2-1-3-8-14/h4-6,13,17-18H,1-3,7-9H2. The van der Waals surface area contributed by atoms with Gasteiger partial charge in [0.25, 0.3) is 0 Å². The lowest BCUT2D eigenvalue weighted by Crippen LogP contribution is -2.45. The van der Waals surface area contributed by atoms with E-state index in [2.05, 4.69) is 0 Å². The van der Waals surface area contributed by atoms with Crippen LogP contribution < -0.4 is 0 Å². The van der Waals surface area contributed by atoms with Crippen molar-refractivity contribution in [3.63, 3.8) is 0 Å². The Morgan fingerprint density at radius 3 is 2.22 bits per heavy atom. The third kappa shape index (κ3) is 3.00. The van der Waals surface area contributed by atoms with Crippen LogP contribution in [0.2, 0.25) is 10.0 Å². The zero-order valence-electron chi connectivity index (χ0n) is 10.2. The molecule has 1 aliphatic carbocycles. The summed E-state index contributed by atoms with van der Waals surface area (Å²) in [6.07, 6.45) is 3.84. The summed E-state index contributed by atoms with van der Waals surface area (Å²) in [5.41, 5.74) is -0.270. The van der Waals surface area contributed by atoms with E-state index in [9.17, 15) is 10.2 Å². The molecule has 2 nitrogen and oxygen atoms in total. The van der Waals surface area contributed by atoms with Gasteiger partial charge >= 0.3 is 0 Å². The van der Waals surface area contributed by atoms with E-state index in [4.69, 9.17) is 23.2 Å². The van der Waals surface area contributed by atoms with Crippen LogP contribution in [0.4, 0.5) is 0 Å². The van der Waals surface area contributed by atoms with E-state index in [-0.39, 0.29) is 0 Å². The molecule has 1 atom stereocenters. The second kappa shape index (κ2) is 5.79. The topological polar surface area (TPSA) is 40.5 Å². The molecular weight excluding hydrogens is 271 g/mol. The summed E-state index contributed by atoms with van der Waals surface area (Å²) < 4.78 is 0. The lowest BCUT2D eigenvalue weighted by Gasteiger charge is -2.36. The smallest absolute Gasteiger partial charge is 0.0908 e. The first-order valence-electron chi connectivity index (χ1n) is 6.36. The van der Waals surface area contributed by atoms with Crippen LogP contribution in [0.3, 0.4) is 0 Å². The van der Waals surface area contributed by atoms with E-state index in [1.807, 2.05) is 0 Å². The molecule has 0 aliphatic heterocycles. The molecule has 0 saturated heterocycles. The predicted octanol–water partition coefficient (Wildman–Crippen LogP) is 3.59. The van der Waals surface area contributed by atoms with E-state index in [1.54, 1.807) is 18.2 Å². The maximum absolute atomic E-state index is 10.4. The molecule has 0 radical (unpaired) electrons. The summed E-state index contributed by atoms with van der Waals surface area (Å²) in [4.78, 5) is 0. The van der Waals surface area contributed by atoms with E-state index in [0.717, 1.165) is 19.3 Å². The molecule has 0 aromatic heterocycles. The maximum Gasteiger partial charge on any atom is 0.0908 e. The number of benzene rings is 1. The Bertz CT molecular complexity index is 394. The minimum absolute atomic E-state index is 0.301. The Kier molecular flexibility index (Phi) is 4.54. The van der Waals surface area contributed by atoms with Gasteiger partial charge in [-0.15, -0.1) is 0 Å². The van der Waals surface area contributed by atoms with E-state index in [0.29, 0.717) is 34.9 Å². The van der Waals surface area contributed by atoms with Crippen LogP contribution in [-0.4, -0.2) is 21.9 Å². The number of hydrogen-bond acceptors (Lipinski definition) is 2. The van der Waals surface area contributed by atoms with Gasteiger partial charge in [0.15, 0.2) is 0 Å². The minimum atomic E-state index is -0.985. The fourth-order valence-corrected chi connectivity index (χ4v) is 3.16. The molecule has 1 aromatic carbocycles. The minimum Gasteiger partial charge on any atom is -0.390 e. The molecule has 0 amide bonds. The Morgan fingerprint density at radius 2 is 1.67 bits per heavy atom. The van der Waals surface area contributed by atoms with Gasteiger partial charge in [-0.3, -0.25) is 0 Å². The summed E-state index contributed by atoms with van der Waals surface area (Å²) in [6, 6.07) is 5.27. The molecule has 0 spiro atoms. The molecule has 2 N–H and O–H groups in total. The van der Waals surface area contributed by atoms with Crippen LogP contribution >= 0.6 is 23.2 Å². The second-order valence-corrected chi connectivity index (χ2v) is 5.90. The molecule has 0 heterocycles. The molecule has 2 rings (SSSR count). The monoisotopic (exact) mass is 288 g/mol. The van der Waals surface area contributed by atoms with Crippen molar-refractivity contribution in [2.45, 2.75) is 50.2 Å². The highest BCUT2D eigenvalue weighted by molar-refractivity contribution is 6.35. The number of aliphatic hydroxyl groups is 2. The molecule has 1 aromatic rings. The van der Waals surface area contributed by atoms with Gasteiger partial charge in [0, 0.05) is 16.5 Å². The Labute approximate surface area is 118 Å². The van der Waals surface area contributed by atoms with Crippen molar-refractivity contribution in [2.24, 2.45) is 0 Å². The molecule has 0 bridgehead atoms. The number of rotatable bonds is 3. The highest BCUT2D eigenvalue weighted by Crippen LogP contribution is 2.34. The van der Waals surface area contributed by atoms with Crippen molar-refractivity contribution in [2.75, 3.05) is 0 Å². The summed E-state index contributed by atoms with van der Waals surface area (Å²) >= 11 is 12.2. The normalized spacial score (nSPS) is 20.7. The van der Waals surface area contributed by atoms with Gasteiger partial charge in [-0.25, -0.2) is 0 Å². The Balaban J connectivity index is 2.13. The zero-order valence-corrected chi connectivity index (χ0v) is 11.7. The Morgan fingerprint density at radius 1 is 1.11 bits per heavy atom. The van der Waals surface area contributed by atoms with Crippen molar-refractivity contribution >= 4 is 23.2 Å². The molecule has 18 heavy (non-hydrogen) atoms. The van der Waals surface area contributed by atoms with Gasteiger partial charge in [0.2, 0.25) is 0 Å². The summed E-state index contributed by atoms with van der Waals surface area (Å²) in [5.74, 6) is 0. The van der Waals surface area contributed by atoms with Gasteiger partial charge in [0.1, 0.15) is 0 Å². The lowest BCUT2D eigenvalue weighted by atomic mass is 9.79. The third-order valence-corrected chi connectivity index (χ3v) is 4.51. The predicted molar refractivity (Wildman–Crippen MR) is 74.2 cm³/mol. The van der Waals surface area contributed by atoms with Gasteiger partial charge in [-0.1, -0.05) is 48.5 Å². The van der Waals surface area contributed by atoms with Gasteiger partial charge < -0.3 is 10.2 Å². The first-order chi connectivity index (χ1) is 8.53. The number of hydrogen-bond donors (Lipinski definition) is 2. The molecule has 4 heteroatoms. The van der Waals surface area contributed by atoms with Crippen molar-refractivity contribution in [3.05, 3.63) is 33.8 Å². The first-order valence-corrected chi connectivity index (χ1v) is 7.12. The van der Waals surface area contributed by atoms with Crippen LogP contribution in [0, 0.1) is 0 Å². The average Bonchev–Trinajstić information content (AvgIpc) is 2.34. The molecule has 1 fully saturated rings. The third-order valence-electron chi connectivity index (χ3n) is 3.80. The van der Waals surface area contributed by atoms with Gasteiger partial charge in [-0.2, -0.15) is 0 Å². The van der Waals surface area contributed by atoms with E-state index >= 15 is 0 Å². The van der Waals surface area contributed by atoms with Crippen molar-refractivity contribution in [1.82, 2.24) is 0 Å². The molecule has 1 unspecified atom stereocenters. The van der Waals surface area contributed by atoms with Crippen LogP contribution in [-0.2, 0) is 6.42 Å². The number of aliphatic hydroxyl groups excluding tert-OH is 1. The highest BCUT2D eigenvalue weighted by atomic mass is 35.5. The lowest BCUT2D eigenvalue weighted by molar-refractivity contribution is -0.0960. The van der Waals surface area contributed by atoms with Crippen LogP contribution in [0.25, 0.3) is 0 Å². The number of halogens is 2. The largest absolute Gasteiger partial charge is 0.390 e. The molecule has 1 saturated carbocycles. The second-order valence-electron chi connectivity index (χ2n) is 5.08. The van der Waals surface area contributed by atoms with Crippen molar-refractivity contribution in [1.29, 1.82) is 0 Å². The SMILES string of the molecule is OC(Cc1c(Cl)cccc1Cl)C1(O)CCCCC1. The van der Waals surface area contributed by atoms with Crippen LogP contribution in [0.5, 0.6) is 0 Å². The average molecular weight is 289 g/mol. The quantitative estimate of drug-likeness (QED) is 0.892. The fraction of sp³-hybridized carbons (Fsp3) is 0.571. The summed E-state index contributed by atoms with van der Waals surface area (Å²) in [5, 5.41) is 21.8. The van der Waals surface area contributed by atoms with E-state index in [1.165, 1.54) is 0 Å². The fourth-order valence-electron chi connectivity index (χ4n) is 2.61. The van der Waals surface area contributed by atoms with Crippen molar-refractivity contribution < 1.29 is 10.2 Å². The highest BCUT2D eigenvalue weighted by Gasteiger charge is 2.37. The van der Waals surface area contributed by atoms with Crippen LogP contribution in [0.15, 0.2) is 18.2 Å². The van der Waals surface area contributed by atoms with Crippen molar-refractivity contribution in [3.8, 4) is 0 Å². The van der Waals surface area contributed by atoms with E-state index < -0.39 is 11.7 Å². The van der Waals surface area contributed by atoms with Gasteiger partial charge in [0.05, 0.1) is 11.7 Å². The summed E-state index contributed by atoms with van der Waals surface area (Å²) in [7, 11) is 0. The van der Waals surface area contributed by atoms with Crippen LogP contribution in [0.1, 0.15) is 37.7 Å². The maximum atomic E-state index is 10.4.